The summed E-state index contributed by atoms with van der Waals surface area (Å²) in [6, 6.07) is 2.26. The van der Waals surface area contributed by atoms with Crippen LogP contribution in [0.3, 0.4) is 0 Å². The molecule has 0 spiro atoms. The summed E-state index contributed by atoms with van der Waals surface area (Å²) < 4.78 is 2.42. The molecule has 0 N–H and O–H groups in total. The minimum Gasteiger partial charge on any atom is -0.331 e. The second kappa shape index (κ2) is 4.74. The van der Waals surface area contributed by atoms with Crippen LogP contribution in [0.4, 0.5) is 0 Å². The molecule has 1 fully saturated rings. The van der Waals surface area contributed by atoms with Crippen LogP contribution in [0.2, 0.25) is 0 Å². The van der Waals surface area contributed by atoms with Crippen LogP contribution < -0.4 is 0 Å². The molecule has 1 atom stereocenters. The smallest absolute Gasteiger partial charge is 0.113 e. The SMILES string of the molecule is CN1CCC(c2nc(CC#N)c3n2CCCC3)C1. The van der Waals surface area contributed by atoms with Crippen molar-refractivity contribution in [2.75, 3.05) is 20.1 Å². The van der Waals surface area contributed by atoms with Gasteiger partial charge in [0.05, 0.1) is 18.2 Å². The Balaban J connectivity index is 1.96. The van der Waals surface area contributed by atoms with Crippen LogP contribution in [0.5, 0.6) is 0 Å². The first kappa shape index (κ1) is 11.7. The number of nitriles is 1. The molecule has 4 nitrogen and oxygen atoms in total. The van der Waals surface area contributed by atoms with E-state index in [9.17, 15) is 0 Å². The standard InChI is InChI=1S/C14H20N4/c1-17-9-6-11(10-17)14-16-12(5-7-15)13-4-2-3-8-18(13)14/h11H,2-6,8-10H2,1H3. The van der Waals surface area contributed by atoms with Crippen LogP contribution in [0, 0.1) is 11.3 Å². The average Bonchev–Trinajstić information content (AvgIpc) is 2.95. The molecule has 18 heavy (non-hydrogen) atoms. The van der Waals surface area contributed by atoms with Crippen LogP contribution >= 0.6 is 0 Å². The van der Waals surface area contributed by atoms with E-state index >= 15 is 0 Å². The van der Waals surface area contributed by atoms with Crippen molar-refractivity contribution in [3.8, 4) is 6.07 Å². The normalized spacial score (nSPS) is 23.9. The molecule has 3 heterocycles. The van der Waals surface area contributed by atoms with Gasteiger partial charge >= 0.3 is 0 Å². The molecule has 0 aliphatic carbocycles. The fraction of sp³-hybridized carbons (Fsp3) is 0.714. The number of rotatable bonds is 2. The minimum atomic E-state index is 0.470. The Labute approximate surface area is 108 Å². The highest BCUT2D eigenvalue weighted by atomic mass is 15.2. The zero-order valence-corrected chi connectivity index (χ0v) is 11.0. The minimum absolute atomic E-state index is 0.470. The van der Waals surface area contributed by atoms with Gasteiger partial charge in [0.25, 0.3) is 0 Å². The van der Waals surface area contributed by atoms with E-state index in [4.69, 9.17) is 10.2 Å². The van der Waals surface area contributed by atoms with Crippen LogP contribution in [0.25, 0.3) is 0 Å². The molecule has 2 aliphatic rings. The molecule has 0 saturated carbocycles. The predicted octanol–water partition coefficient (Wildman–Crippen LogP) is 1.70. The highest BCUT2D eigenvalue weighted by Crippen LogP contribution is 2.30. The van der Waals surface area contributed by atoms with Crippen molar-refractivity contribution >= 4 is 0 Å². The third kappa shape index (κ3) is 1.93. The molecule has 0 bridgehead atoms. The molecule has 2 aliphatic heterocycles. The molecule has 4 heteroatoms. The van der Waals surface area contributed by atoms with Gasteiger partial charge < -0.3 is 9.47 Å². The summed E-state index contributed by atoms with van der Waals surface area (Å²) in [6.45, 7) is 3.38. The van der Waals surface area contributed by atoms with Crippen molar-refractivity contribution in [1.82, 2.24) is 14.5 Å². The van der Waals surface area contributed by atoms with Gasteiger partial charge in [-0.05, 0) is 39.3 Å². The highest BCUT2D eigenvalue weighted by Gasteiger charge is 2.29. The Kier molecular flexibility index (Phi) is 3.09. The van der Waals surface area contributed by atoms with Crippen molar-refractivity contribution in [2.45, 2.75) is 44.6 Å². The van der Waals surface area contributed by atoms with E-state index in [1.807, 2.05) is 0 Å². The lowest BCUT2D eigenvalue weighted by atomic mass is 10.1. The molecule has 1 aromatic heterocycles. The average molecular weight is 244 g/mol. The van der Waals surface area contributed by atoms with Crippen molar-refractivity contribution in [2.24, 2.45) is 0 Å². The zero-order chi connectivity index (χ0) is 12.5. The van der Waals surface area contributed by atoms with Crippen LogP contribution in [0.1, 0.15) is 42.4 Å². The lowest BCUT2D eigenvalue weighted by Gasteiger charge is -2.19. The Morgan fingerprint density at radius 3 is 3.00 bits per heavy atom. The van der Waals surface area contributed by atoms with Gasteiger partial charge in [0.15, 0.2) is 0 Å². The number of likely N-dealkylation sites (tertiary alicyclic amines) is 1. The second-order valence-electron chi connectivity index (χ2n) is 5.55. The van der Waals surface area contributed by atoms with Gasteiger partial charge in [-0.2, -0.15) is 5.26 Å². The van der Waals surface area contributed by atoms with E-state index in [-0.39, 0.29) is 0 Å². The summed E-state index contributed by atoms with van der Waals surface area (Å²) in [4.78, 5) is 7.19. The van der Waals surface area contributed by atoms with Gasteiger partial charge in [0.2, 0.25) is 0 Å². The maximum atomic E-state index is 8.93. The van der Waals surface area contributed by atoms with E-state index in [1.165, 1.54) is 37.3 Å². The molecule has 1 unspecified atom stereocenters. The van der Waals surface area contributed by atoms with Gasteiger partial charge in [-0.3, -0.25) is 0 Å². The first-order chi connectivity index (χ1) is 8.79. The maximum Gasteiger partial charge on any atom is 0.113 e. The highest BCUT2D eigenvalue weighted by molar-refractivity contribution is 5.24. The first-order valence-electron chi connectivity index (χ1n) is 6.93. The maximum absolute atomic E-state index is 8.93. The number of hydrogen-bond donors (Lipinski definition) is 0. The molecule has 1 saturated heterocycles. The third-order valence-electron chi connectivity index (χ3n) is 4.23. The van der Waals surface area contributed by atoms with Crippen molar-refractivity contribution in [3.05, 3.63) is 17.2 Å². The molecular weight excluding hydrogens is 224 g/mol. The van der Waals surface area contributed by atoms with Gasteiger partial charge in [-0.25, -0.2) is 4.98 Å². The van der Waals surface area contributed by atoms with E-state index in [0.717, 1.165) is 25.2 Å². The first-order valence-corrected chi connectivity index (χ1v) is 6.93. The lowest BCUT2D eigenvalue weighted by Crippen LogP contribution is -2.18. The number of fused-ring (bicyclic) bond motifs is 1. The van der Waals surface area contributed by atoms with E-state index in [2.05, 4.69) is 22.6 Å². The van der Waals surface area contributed by atoms with E-state index in [0.29, 0.717) is 12.3 Å². The van der Waals surface area contributed by atoms with Crippen LogP contribution in [-0.2, 0) is 19.4 Å². The Morgan fingerprint density at radius 2 is 2.28 bits per heavy atom. The predicted molar refractivity (Wildman–Crippen MR) is 69.3 cm³/mol. The van der Waals surface area contributed by atoms with Gasteiger partial charge in [-0.15, -0.1) is 0 Å². The Hall–Kier alpha value is -1.34. The fourth-order valence-electron chi connectivity index (χ4n) is 3.32. The second-order valence-corrected chi connectivity index (χ2v) is 5.55. The summed E-state index contributed by atoms with van der Waals surface area (Å²) in [6.07, 6.45) is 5.28. The summed E-state index contributed by atoms with van der Waals surface area (Å²) in [5.41, 5.74) is 2.38. The van der Waals surface area contributed by atoms with Crippen molar-refractivity contribution in [3.63, 3.8) is 0 Å². The van der Waals surface area contributed by atoms with E-state index < -0.39 is 0 Å². The van der Waals surface area contributed by atoms with Crippen molar-refractivity contribution < 1.29 is 0 Å². The van der Waals surface area contributed by atoms with Gasteiger partial charge in [0.1, 0.15) is 5.82 Å². The Bertz CT molecular complexity index is 483. The van der Waals surface area contributed by atoms with Gasteiger partial charge in [0, 0.05) is 24.7 Å². The molecule has 0 amide bonds. The number of hydrogen-bond acceptors (Lipinski definition) is 3. The Morgan fingerprint density at radius 1 is 1.39 bits per heavy atom. The lowest BCUT2D eigenvalue weighted by molar-refractivity contribution is 0.405. The fourth-order valence-corrected chi connectivity index (χ4v) is 3.32. The number of aromatic nitrogens is 2. The number of imidazole rings is 1. The van der Waals surface area contributed by atoms with Crippen LogP contribution in [-0.4, -0.2) is 34.6 Å². The summed E-state index contributed by atoms with van der Waals surface area (Å²) in [5, 5.41) is 8.93. The summed E-state index contributed by atoms with van der Waals surface area (Å²) in [5.74, 6) is 1.82. The molecule has 3 rings (SSSR count). The van der Waals surface area contributed by atoms with Gasteiger partial charge in [-0.1, -0.05) is 0 Å². The molecule has 96 valence electrons. The third-order valence-corrected chi connectivity index (χ3v) is 4.23. The largest absolute Gasteiger partial charge is 0.331 e. The molecular formula is C14H20N4. The van der Waals surface area contributed by atoms with Crippen LogP contribution in [0.15, 0.2) is 0 Å². The quantitative estimate of drug-likeness (QED) is 0.795. The monoisotopic (exact) mass is 244 g/mol. The number of nitrogens with zero attached hydrogens (tertiary/aromatic N) is 4. The molecule has 0 radical (unpaired) electrons. The molecule has 0 aromatic carbocycles. The topological polar surface area (TPSA) is 44.9 Å². The molecule has 1 aromatic rings. The number of likely N-dealkylation sites (N-methyl/N-ethyl adjacent to an activating group) is 1. The summed E-state index contributed by atoms with van der Waals surface area (Å²) in [7, 11) is 2.18. The van der Waals surface area contributed by atoms with Crippen molar-refractivity contribution in [1.29, 1.82) is 5.26 Å². The zero-order valence-electron chi connectivity index (χ0n) is 11.0. The summed E-state index contributed by atoms with van der Waals surface area (Å²) >= 11 is 0. The van der Waals surface area contributed by atoms with E-state index in [1.54, 1.807) is 0 Å².